The molecule has 21 heavy (non-hydrogen) atoms. The van der Waals surface area contributed by atoms with Crippen molar-refractivity contribution in [3.63, 3.8) is 0 Å². The quantitative estimate of drug-likeness (QED) is 0.899. The molecular formula is C15H23N5O. The smallest absolute Gasteiger partial charge is 0.329 e. The van der Waals surface area contributed by atoms with Crippen molar-refractivity contribution >= 4 is 5.65 Å². The van der Waals surface area contributed by atoms with Crippen molar-refractivity contribution in [2.45, 2.75) is 44.8 Å². The second-order valence-electron chi connectivity index (χ2n) is 5.84. The highest BCUT2D eigenvalue weighted by Crippen LogP contribution is 2.21. The van der Waals surface area contributed by atoms with Gasteiger partial charge >= 0.3 is 5.69 Å². The number of nitrogens with zero attached hydrogens (tertiary/aromatic N) is 4. The second-order valence-corrected chi connectivity index (χ2v) is 5.84. The molecule has 6 heteroatoms. The Kier molecular flexibility index (Phi) is 4.07. The van der Waals surface area contributed by atoms with Crippen LogP contribution >= 0.6 is 0 Å². The molecule has 1 aliphatic heterocycles. The summed E-state index contributed by atoms with van der Waals surface area (Å²) in [5, 5.41) is 4.38. The van der Waals surface area contributed by atoms with Gasteiger partial charge in [0.1, 0.15) is 0 Å². The van der Waals surface area contributed by atoms with Crippen LogP contribution < -0.4 is 11.4 Å². The molecule has 1 fully saturated rings. The lowest BCUT2D eigenvalue weighted by Crippen LogP contribution is -2.50. The summed E-state index contributed by atoms with van der Waals surface area (Å²) >= 11 is 0. The minimum Gasteiger partial charge on any atom is -0.329 e. The summed E-state index contributed by atoms with van der Waals surface area (Å²) in [5.74, 6) is 0. The van der Waals surface area contributed by atoms with Crippen molar-refractivity contribution in [2.24, 2.45) is 5.73 Å². The summed E-state index contributed by atoms with van der Waals surface area (Å²) < 4.78 is 3.14. The molecule has 1 aliphatic rings. The van der Waals surface area contributed by atoms with Gasteiger partial charge in [0.15, 0.2) is 5.65 Å². The zero-order valence-corrected chi connectivity index (χ0v) is 12.5. The molecule has 2 aromatic heterocycles. The summed E-state index contributed by atoms with van der Waals surface area (Å²) in [6, 6.07) is 6.55. The number of hydrogen-bond donors (Lipinski definition) is 1. The number of hydrogen-bond acceptors (Lipinski definition) is 4. The number of fused-ring (bicyclic) bond motifs is 1. The van der Waals surface area contributed by atoms with Gasteiger partial charge in [0.25, 0.3) is 0 Å². The molecule has 0 spiro atoms. The van der Waals surface area contributed by atoms with Crippen molar-refractivity contribution in [2.75, 3.05) is 13.1 Å². The topological polar surface area (TPSA) is 68.6 Å². The lowest BCUT2D eigenvalue weighted by Gasteiger charge is -2.40. The molecule has 3 rings (SSSR count). The van der Waals surface area contributed by atoms with Crippen molar-refractivity contribution < 1.29 is 0 Å². The summed E-state index contributed by atoms with van der Waals surface area (Å²) in [7, 11) is 0. The van der Waals surface area contributed by atoms with E-state index in [4.69, 9.17) is 5.73 Å². The van der Waals surface area contributed by atoms with Gasteiger partial charge in [0.2, 0.25) is 0 Å². The highest BCUT2D eigenvalue weighted by Gasteiger charge is 2.26. The first-order chi connectivity index (χ1) is 10.2. The molecule has 2 unspecified atom stereocenters. The maximum atomic E-state index is 12.3. The van der Waals surface area contributed by atoms with Gasteiger partial charge in [-0.15, -0.1) is 5.10 Å². The van der Waals surface area contributed by atoms with E-state index in [2.05, 4.69) is 16.9 Å². The average molecular weight is 289 g/mol. The van der Waals surface area contributed by atoms with E-state index in [1.54, 1.807) is 15.3 Å². The van der Waals surface area contributed by atoms with Gasteiger partial charge < -0.3 is 5.73 Å². The van der Waals surface area contributed by atoms with Crippen molar-refractivity contribution in [1.29, 1.82) is 0 Å². The van der Waals surface area contributed by atoms with Gasteiger partial charge in [-0.05, 0) is 31.9 Å². The number of likely N-dealkylation sites (tertiary alicyclic amines) is 1. The van der Waals surface area contributed by atoms with Crippen LogP contribution in [-0.4, -0.2) is 44.3 Å². The minimum atomic E-state index is -0.0699. The predicted molar refractivity (Wildman–Crippen MR) is 82.3 cm³/mol. The largest absolute Gasteiger partial charge is 0.350 e. The van der Waals surface area contributed by atoms with Gasteiger partial charge in [-0.2, -0.15) is 0 Å². The maximum absolute atomic E-state index is 12.3. The third-order valence-electron chi connectivity index (χ3n) is 4.52. The molecule has 0 saturated carbocycles. The molecule has 0 aliphatic carbocycles. The Bertz CT molecular complexity index is 661. The average Bonchev–Trinajstić information content (AvgIpc) is 2.83. The van der Waals surface area contributed by atoms with Gasteiger partial charge in [-0.25, -0.2) is 9.48 Å². The normalized spacial score (nSPS) is 23.7. The van der Waals surface area contributed by atoms with Crippen LogP contribution in [0.25, 0.3) is 5.65 Å². The van der Waals surface area contributed by atoms with Crippen molar-refractivity contribution in [3.05, 3.63) is 34.9 Å². The Labute approximate surface area is 124 Å². The van der Waals surface area contributed by atoms with Crippen LogP contribution in [0.15, 0.2) is 29.2 Å². The maximum Gasteiger partial charge on any atom is 0.350 e. The monoisotopic (exact) mass is 289 g/mol. The van der Waals surface area contributed by atoms with Gasteiger partial charge in [-0.3, -0.25) is 9.30 Å². The van der Waals surface area contributed by atoms with Crippen LogP contribution in [0.5, 0.6) is 0 Å². The summed E-state index contributed by atoms with van der Waals surface area (Å²) in [6.07, 6.45) is 5.36. The van der Waals surface area contributed by atoms with Crippen LogP contribution in [0, 0.1) is 0 Å². The summed E-state index contributed by atoms with van der Waals surface area (Å²) in [4.78, 5) is 14.7. The van der Waals surface area contributed by atoms with Crippen LogP contribution in [-0.2, 0) is 6.54 Å². The predicted octanol–water partition coefficient (Wildman–Crippen LogP) is 0.698. The highest BCUT2D eigenvalue weighted by atomic mass is 16.2. The fourth-order valence-corrected chi connectivity index (χ4v) is 3.32. The van der Waals surface area contributed by atoms with Crippen molar-refractivity contribution in [3.8, 4) is 0 Å². The molecule has 0 bridgehead atoms. The van der Waals surface area contributed by atoms with Crippen LogP contribution in [0.3, 0.4) is 0 Å². The van der Waals surface area contributed by atoms with E-state index in [1.807, 2.05) is 18.2 Å². The van der Waals surface area contributed by atoms with E-state index in [-0.39, 0.29) is 5.69 Å². The van der Waals surface area contributed by atoms with Crippen molar-refractivity contribution in [1.82, 2.24) is 19.1 Å². The third-order valence-corrected chi connectivity index (χ3v) is 4.52. The van der Waals surface area contributed by atoms with E-state index >= 15 is 0 Å². The fraction of sp³-hybridized carbons (Fsp3) is 0.600. The third kappa shape index (κ3) is 2.73. The molecule has 114 valence electrons. The first-order valence-electron chi connectivity index (χ1n) is 7.70. The van der Waals surface area contributed by atoms with Crippen LogP contribution in [0.4, 0.5) is 0 Å². The number of nitrogens with two attached hydrogens (primary N) is 1. The van der Waals surface area contributed by atoms with E-state index in [9.17, 15) is 4.79 Å². The van der Waals surface area contributed by atoms with Gasteiger partial charge in [0, 0.05) is 31.4 Å². The summed E-state index contributed by atoms with van der Waals surface area (Å²) in [6.45, 7) is 4.37. The molecule has 0 amide bonds. The lowest BCUT2D eigenvalue weighted by molar-refractivity contribution is 0.0915. The molecule has 3 heterocycles. The van der Waals surface area contributed by atoms with Crippen LogP contribution in [0.2, 0.25) is 0 Å². The molecule has 0 aromatic carbocycles. The Morgan fingerprint density at radius 3 is 2.95 bits per heavy atom. The number of pyridine rings is 1. The fourth-order valence-electron chi connectivity index (χ4n) is 3.32. The molecule has 6 nitrogen and oxygen atoms in total. The standard InChI is InChI=1S/C15H23N5O/c1-12-5-4-6-13(11-16)18(12)9-10-20-15(21)19-8-3-2-7-14(19)17-20/h2-3,7-8,12-13H,4-6,9-11,16H2,1H3. The number of aromatic nitrogens is 3. The minimum absolute atomic E-state index is 0.0699. The highest BCUT2D eigenvalue weighted by molar-refractivity contribution is 5.35. The molecule has 1 saturated heterocycles. The van der Waals surface area contributed by atoms with Gasteiger partial charge in [-0.1, -0.05) is 12.5 Å². The number of piperidine rings is 1. The molecule has 2 atom stereocenters. The van der Waals surface area contributed by atoms with E-state index < -0.39 is 0 Å². The number of rotatable bonds is 4. The Morgan fingerprint density at radius 1 is 1.33 bits per heavy atom. The Balaban J connectivity index is 1.76. The first kappa shape index (κ1) is 14.3. The Morgan fingerprint density at radius 2 is 2.19 bits per heavy atom. The molecule has 0 radical (unpaired) electrons. The molecular weight excluding hydrogens is 266 g/mol. The zero-order valence-electron chi connectivity index (χ0n) is 12.5. The molecule has 2 aromatic rings. The van der Waals surface area contributed by atoms with E-state index in [0.717, 1.165) is 13.0 Å². The Hall–Kier alpha value is -1.66. The SMILES string of the molecule is CC1CCCC(CN)N1CCn1nc2ccccn2c1=O. The van der Waals surface area contributed by atoms with Crippen LogP contribution in [0.1, 0.15) is 26.2 Å². The van der Waals surface area contributed by atoms with E-state index in [0.29, 0.717) is 30.8 Å². The first-order valence-corrected chi connectivity index (χ1v) is 7.70. The lowest BCUT2D eigenvalue weighted by atomic mass is 9.96. The summed E-state index contributed by atoms with van der Waals surface area (Å²) in [5.41, 5.74) is 6.51. The van der Waals surface area contributed by atoms with Gasteiger partial charge in [0.05, 0.1) is 6.54 Å². The zero-order chi connectivity index (χ0) is 14.8. The van der Waals surface area contributed by atoms with E-state index in [1.165, 1.54) is 12.8 Å². The second kappa shape index (κ2) is 5.99. The molecule has 2 N–H and O–H groups in total.